The molecule has 15 heavy (non-hydrogen) atoms. The van der Waals surface area contributed by atoms with Crippen molar-refractivity contribution in [3.8, 4) is 11.8 Å². The standard InChI is InChI=1S/C12H12FNO/c1-9(15)12-6-5-11(13)8-10(12)4-3-7-14-2/h5-6,8,14H,7H2,1-2H3. The molecule has 0 atom stereocenters. The summed E-state index contributed by atoms with van der Waals surface area (Å²) in [6.45, 7) is 1.95. The Morgan fingerprint density at radius 3 is 2.87 bits per heavy atom. The Morgan fingerprint density at radius 1 is 1.53 bits per heavy atom. The molecule has 78 valence electrons. The molecule has 0 fully saturated rings. The summed E-state index contributed by atoms with van der Waals surface area (Å²) in [7, 11) is 1.77. The van der Waals surface area contributed by atoms with Crippen LogP contribution in [0, 0.1) is 17.7 Å². The first kappa shape index (κ1) is 11.4. The first-order valence-corrected chi connectivity index (χ1v) is 4.59. The van der Waals surface area contributed by atoms with Gasteiger partial charge in [-0.05, 0) is 32.2 Å². The van der Waals surface area contributed by atoms with Crippen LogP contribution in [0.15, 0.2) is 18.2 Å². The fraction of sp³-hybridized carbons (Fsp3) is 0.250. The Morgan fingerprint density at radius 2 is 2.27 bits per heavy atom. The predicted octanol–water partition coefficient (Wildman–Crippen LogP) is 1.60. The molecule has 0 amide bonds. The van der Waals surface area contributed by atoms with Crippen molar-refractivity contribution in [1.29, 1.82) is 0 Å². The molecule has 3 heteroatoms. The SMILES string of the molecule is CNCC#Cc1cc(F)ccc1C(C)=O. The van der Waals surface area contributed by atoms with E-state index in [1.807, 2.05) is 0 Å². The molecule has 1 N–H and O–H groups in total. The summed E-state index contributed by atoms with van der Waals surface area (Å²) in [6.07, 6.45) is 0. The largest absolute Gasteiger partial charge is 0.309 e. The van der Waals surface area contributed by atoms with Gasteiger partial charge in [-0.2, -0.15) is 0 Å². The topological polar surface area (TPSA) is 29.1 Å². The van der Waals surface area contributed by atoms with E-state index in [1.54, 1.807) is 7.05 Å². The molecule has 0 saturated carbocycles. The van der Waals surface area contributed by atoms with E-state index in [0.29, 0.717) is 17.7 Å². The second-order valence-electron chi connectivity index (χ2n) is 3.08. The number of hydrogen-bond donors (Lipinski definition) is 1. The number of hydrogen-bond acceptors (Lipinski definition) is 2. The third-order valence-electron chi connectivity index (χ3n) is 1.85. The highest BCUT2D eigenvalue weighted by Crippen LogP contribution is 2.10. The summed E-state index contributed by atoms with van der Waals surface area (Å²) in [5.41, 5.74) is 0.901. The van der Waals surface area contributed by atoms with Crippen molar-refractivity contribution in [1.82, 2.24) is 5.32 Å². The number of rotatable bonds is 2. The van der Waals surface area contributed by atoms with E-state index in [0.717, 1.165) is 0 Å². The van der Waals surface area contributed by atoms with E-state index >= 15 is 0 Å². The molecule has 0 aromatic heterocycles. The van der Waals surface area contributed by atoms with E-state index in [2.05, 4.69) is 17.2 Å². The number of Topliss-reactive ketones (excluding diaryl/α,β-unsaturated/α-hetero) is 1. The summed E-state index contributed by atoms with van der Waals surface area (Å²) in [5, 5.41) is 2.85. The maximum Gasteiger partial charge on any atom is 0.161 e. The van der Waals surface area contributed by atoms with Crippen molar-refractivity contribution in [2.24, 2.45) is 0 Å². The minimum Gasteiger partial charge on any atom is -0.309 e. The molecule has 0 bridgehead atoms. The minimum absolute atomic E-state index is 0.108. The third kappa shape index (κ3) is 3.19. The number of carbonyl (C=O) groups excluding carboxylic acids is 1. The zero-order valence-corrected chi connectivity index (χ0v) is 8.73. The van der Waals surface area contributed by atoms with E-state index in [4.69, 9.17) is 0 Å². The van der Waals surface area contributed by atoms with Crippen LogP contribution in [0.2, 0.25) is 0 Å². The van der Waals surface area contributed by atoms with E-state index in [1.165, 1.54) is 25.1 Å². The van der Waals surface area contributed by atoms with E-state index in [-0.39, 0.29) is 11.6 Å². The molecule has 1 rings (SSSR count). The van der Waals surface area contributed by atoms with Crippen molar-refractivity contribution in [2.75, 3.05) is 13.6 Å². The Hall–Kier alpha value is -1.66. The third-order valence-corrected chi connectivity index (χ3v) is 1.85. The molecule has 0 heterocycles. The van der Waals surface area contributed by atoms with Crippen LogP contribution >= 0.6 is 0 Å². The molecule has 0 radical (unpaired) electrons. The molecule has 0 aliphatic rings. The number of benzene rings is 1. The zero-order chi connectivity index (χ0) is 11.3. The smallest absolute Gasteiger partial charge is 0.161 e. The highest BCUT2D eigenvalue weighted by Gasteiger charge is 2.05. The monoisotopic (exact) mass is 205 g/mol. The number of ketones is 1. The normalized spacial score (nSPS) is 9.27. The highest BCUT2D eigenvalue weighted by atomic mass is 19.1. The van der Waals surface area contributed by atoms with Crippen LogP contribution in [0.25, 0.3) is 0 Å². The fourth-order valence-electron chi connectivity index (χ4n) is 1.15. The lowest BCUT2D eigenvalue weighted by molar-refractivity contribution is 0.101. The molecular weight excluding hydrogens is 193 g/mol. The Bertz CT molecular complexity index is 429. The van der Waals surface area contributed by atoms with Crippen LogP contribution in [0.4, 0.5) is 4.39 Å². The minimum atomic E-state index is -0.381. The summed E-state index contributed by atoms with van der Waals surface area (Å²) in [5.74, 6) is 5.07. The van der Waals surface area contributed by atoms with Crippen molar-refractivity contribution in [3.05, 3.63) is 35.1 Å². The first-order valence-electron chi connectivity index (χ1n) is 4.59. The summed E-state index contributed by atoms with van der Waals surface area (Å²) in [4.78, 5) is 11.2. The highest BCUT2D eigenvalue weighted by molar-refractivity contribution is 5.96. The Kier molecular flexibility index (Phi) is 4.02. The van der Waals surface area contributed by atoms with Crippen molar-refractivity contribution in [2.45, 2.75) is 6.92 Å². The van der Waals surface area contributed by atoms with Crippen molar-refractivity contribution < 1.29 is 9.18 Å². The lowest BCUT2D eigenvalue weighted by Crippen LogP contribution is -2.05. The van der Waals surface area contributed by atoms with Gasteiger partial charge in [-0.15, -0.1) is 0 Å². The number of halogens is 1. The molecule has 0 spiro atoms. The summed E-state index contributed by atoms with van der Waals surface area (Å²) < 4.78 is 12.9. The van der Waals surface area contributed by atoms with Crippen molar-refractivity contribution >= 4 is 5.78 Å². The van der Waals surface area contributed by atoms with Gasteiger partial charge in [0.1, 0.15) is 5.82 Å². The molecule has 0 aliphatic heterocycles. The summed E-state index contributed by atoms with van der Waals surface area (Å²) >= 11 is 0. The number of nitrogens with one attached hydrogen (secondary N) is 1. The van der Waals surface area contributed by atoms with Crippen LogP contribution in [-0.4, -0.2) is 19.4 Å². The van der Waals surface area contributed by atoms with Crippen LogP contribution in [-0.2, 0) is 0 Å². The van der Waals surface area contributed by atoms with Gasteiger partial charge in [-0.25, -0.2) is 4.39 Å². The van der Waals surface area contributed by atoms with Crippen molar-refractivity contribution in [3.63, 3.8) is 0 Å². The lowest BCUT2D eigenvalue weighted by Gasteiger charge is -1.99. The van der Waals surface area contributed by atoms with Gasteiger partial charge < -0.3 is 5.32 Å². The molecule has 2 nitrogen and oxygen atoms in total. The van der Waals surface area contributed by atoms with Gasteiger partial charge in [-0.3, -0.25) is 4.79 Å². The summed E-state index contributed by atoms with van der Waals surface area (Å²) in [6, 6.07) is 4.00. The van der Waals surface area contributed by atoms with Crippen LogP contribution in [0.3, 0.4) is 0 Å². The second kappa shape index (κ2) is 5.28. The van der Waals surface area contributed by atoms with Gasteiger partial charge in [0.25, 0.3) is 0 Å². The van der Waals surface area contributed by atoms with Gasteiger partial charge >= 0.3 is 0 Å². The molecule has 1 aromatic rings. The average Bonchev–Trinajstić information content (AvgIpc) is 2.18. The maximum atomic E-state index is 12.9. The molecule has 1 aromatic carbocycles. The molecular formula is C12H12FNO. The fourth-order valence-corrected chi connectivity index (χ4v) is 1.15. The van der Waals surface area contributed by atoms with E-state index < -0.39 is 0 Å². The number of carbonyl (C=O) groups is 1. The quantitative estimate of drug-likeness (QED) is 0.587. The second-order valence-corrected chi connectivity index (χ2v) is 3.08. The van der Waals surface area contributed by atoms with Gasteiger partial charge in [0.05, 0.1) is 6.54 Å². The van der Waals surface area contributed by atoms with Gasteiger partial charge in [0.15, 0.2) is 5.78 Å². The molecule has 0 saturated heterocycles. The zero-order valence-electron chi connectivity index (χ0n) is 8.73. The Balaban J connectivity index is 3.09. The molecule has 0 unspecified atom stereocenters. The van der Waals surface area contributed by atoms with Crippen LogP contribution < -0.4 is 5.32 Å². The van der Waals surface area contributed by atoms with E-state index in [9.17, 15) is 9.18 Å². The van der Waals surface area contributed by atoms with Crippen LogP contribution in [0.5, 0.6) is 0 Å². The lowest BCUT2D eigenvalue weighted by atomic mass is 10.0. The average molecular weight is 205 g/mol. The van der Waals surface area contributed by atoms with Gasteiger partial charge in [-0.1, -0.05) is 11.8 Å². The van der Waals surface area contributed by atoms with Gasteiger partial charge in [0.2, 0.25) is 0 Å². The molecule has 0 aliphatic carbocycles. The van der Waals surface area contributed by atoms with Gasteiger partial charge in [0, 0.05) is 11.1 Å². The Labute approximate surface area is 88.5 Å². The maximum absolute atomic E-state index is 12.9. The van der Waals surface area contributed by atoms with Crippen LogP contribution in [0.1, 0.15) is 22.8 Å². The first-order chi connectivity index (χ1) is 7.15. The predicted molar refractivity (Wildman–Crippen MR) is 57.2 cm³/mol.